The van der Waals surface area contributed by atoms with Gasteiger partial charge in [-0.15, -0.1) is 21.5 Å². The Labute approximate surface area is 212 Å². The summed E-state index contributed by atoms with van der Waals surface area (Å²) >= 11 is 8.00. The van der Waals surface area contributed by atoms with Gasteiger partial charge in [0.05, 0.1) is 23.3 Å². The van der Waals surface area contributed by atoms with E-state index in [1.807, 2.05) is 34.9 Å². The maximum absolute atomic E-state index is 12.5. The topological polar surface area (TPSA) is 81.4 Å². The zero-order valence-corrected chi connectivity index (χ0v) is 22.4. The number of halogens is 1. The number of hydrogen-bond acceptors (Lipinski definition) is 8. The minimum absolute atomic E-state index is 0.0948. The average molecular weight is 565 g/mol. The van der Waals surface area contributed by atoms with E-state index < -0.39 is 0 Å². The lowest BCUT2D eigenvalue weighted by Crippen LogP contribution is -2.33. The van der Waals surface area contributed by atoms with Crippen LogP contribution in [0, 0.1) is 0 Å². The van der Waals surface area contributed by atoms with Crippen molar-refractivity contribution in [3.8, 4) is 0 Å². The van der Waals surface area contributed by atoms with Gasteiger partial charge in [0.15, 0.2) is 16.0 Å². The summed E-state index contributed by atoms with van der Waals surface area (Å²) in [7, 11) is 0. The summed E-state index contributed by atoms with van der Waals surface area (Å²) in [5.74, 6) is 0.134. The van der Waals surface area contributed by atoms with Crippen molar-refractivity contribution in [2.24, 2.45) is 0 Å². The van der Waals surface area contributed by atoms with Gasteiger partial charge in [-0.25, -0.2) is 9.38 Å². The Hall–Kier alpha value is -1.66. The number of benzene rings is 1. The molecule has 0 spiro atoms. The largest absolute Gasteiger partial charge is 0.369 e. The number of ether oxygens (including phenoxy) is 1. The Morgan fingerprint density at radius 2 is 2.09 bits per heavy atom. The highest BCUT2D eigenvalue weighted by molar-refractivity contribution is 9.10. The Morgan fingerprint density at radius 1 is 1.30 bits per heavy atom. The first-order valence-electron chi connectivity index (χ1n) is 10.5. The van der Waals surface area contributed by atoms with Gasteiger partial charge in [-0.05, 0) is 49.4 Å². The SMILES string of the molecule is CC[C@@]1(C)Cc2c(sc3nc(SC)n4c(SCC(=O)Nc5ccc(Br)cc5)nnc4c23)CO1. The van der Waals surface area contributed by atoms with Crippen LogP contribution in [0.1, 0.15) is 30.7 Å². The van der Waals surface area contributed by atoms with Gasteiger partial charge in [-0.1, -0.05) is 46.4 Å². The number of carbonyl (C=O) groups excluding carboxylic acids is 1. The van der Waals surface area contributed by atoms with Gasteiger partial charge in [0.25, 0.3) is 0 Å². The molecule has 0 bridgehead atoms. The predicted molar refractivity (Wildman–Crippen MR) is 139 cm³/mol. The van der Waals surface area contributed by atoms with E-state index in [1.165, 1.54) is 22.2 Å². The zero-order chi connectivity index (χ0) is 23.2. The molecular formula is C22H22BrN5O2S3. The van der Waals surface area contributed by atoms with Crippen LogP contribution < -0.4 is 5.32 Å². The first-order valence-corrected chi connectivity index (χ1v) is 14.3. The lowest BCUT2D eigenvalue weighted by Gasteiger charge is -2.32. The van der Waals surface area contributed by atoms with Gasteiger partial charge in [0.1, 0.15) is 4.83 Å². The second-order valence-electron chi connectivity index (χ2n) is 8.04. The van der Waals surface area contributed by atoms with Gasteiger partial charge in [0, 0.05) is 21.5 Å². The van der Waals surface area contributed by atoms with E-state index in [4.69, 9.17) is 9.72 Å². The van der Waals surface area contributed by atoms with Crippen molar-refractivity contribution in [2.45, 2.75) is 49.2 Å². The maximum Gasteiger partial charge on any atom is 0.234 e. The van der Waals surface area contributed by atoms with Gasteiger partial charge in [0.2, 0.25) is 5.91 Å². The molecule has 0 radical (unpaired) electrons. The van der Waals surface area contributed by atoms with Gasteiger partial charge in [-0.3, -0.25) is 4.79 Å². The normalized spacial score (nSPS) is 18.1. The van der Waals surface area contributed by atoms with Crippen molar-refractivity contribution in [1.29, 1.82) is 0 Å². The molecule has 0 unspecified atom stereocenters. The van der Waals surface area contributed by atoms with Crippen LogP contribution in [0.15, 0.2) is 39.1 Å². The first-order chi connectivity index (χ1) is 15.9. The van der Waals surface area contributed by atoms with Gasteiger partial charge < -0.3 is 10.1 Å². The number of amides is 1. The van der Waals surface area contributed by atoms with E-state index in [2.05, 4.69) is 45.3 Å². The molecule has 1 amide bonds. The zero-order valence-electron chi connectivity index (χ0n) is 18.3. The van der Waals surface area contributed by atoms with Crippen molar-refractivity contribution in [3.63, 3.8) is 0 Å². The van der Waals surface area contributed by atoms with E-state index in [1.54, 1.807) is 23.1 Å². The summed E-state index contributed by atoms with van der Waals surface area (Å²) in [6, 6.07) is 7.51. The van der Waals surface area contributed by atoms with E-state index in [0.29, 0.717) is 11.8 Å². The standard InChI is InChI=1S/C22H22BrN5O2S3/c1-4-22(2)9-14-15(10-30-22)33-19-17(14)18-26-27-21(28(18)20(25-19)31-3)32-11-16(29)24-13-7-5-12(23)6-8-13/h5-8H,4,9-11H2,1-3H3,(H,24,29)/t22-/m0/s1. The third-order valence-corrected chi connectivity index (χ3v) is 9.01. The molecule has 1 aliphatic rings. The van der Waals surface area contributed by atoms with Crippen molar-refractivity contribution in [3.05, 3.63) is 39.2 Å². The number of aromatic nitrogens is 4. The van der Waals surface area contributed by atoms with Crippen molar-refractivity contribution in [2.75, 3.05) is 17.3 Å². The van der Waals surface area contributed by atoms with Crippen molar-refractivity contribution >= 4 is 78.2 Å². The molecule has 172 valence electrons. The van der Waals surface area contributed by atoms with Crippen LogP contribution in [0.5, 0.6) is 0 Å². The molecule has 0 fully saturated rings. The Balaban J connectivity index is 1.47. The minimum atomic E-state index is -0.182. The van der Waals surface area contributed by atoms with E-state index in [9.17, 15) is 4.79 Å². The lowest BCUT2D eigenvalue weighted by molar-refractivity contribution is -0.113. The van der Waals surface area contributed by atoms with Crippen LogP contribution in [0.4, 0.5) is 5.69 Å². The van der Waals surface area contributed by atoms with Crippen LogP contribution in [0.2, 0.25) is 0 Å². The van der Waals surface area contributed by atoms with Crippen LogP contribution in [0.25, 0.3) is 15.9 Å². The van der Waals surface area contributed by atoms with Crippen LogP contribution in [0.3, 0.4) is 0 Å². The number of fused-ring (bicyclic) bond motifs is 5. The molecule has 3 aromatic heterocycles. The second kappa shape index (κ2) is 9.18. The molecule has 0 aliphatic carbocycles. The molecule has 0 saturated heterocycles. The maximum atomic E-state index is 12.5. The van der Waals surface area contributed by atoms with Crippen molar-refractivity contribution in [1.82, 2.24) is 19.6 Å². The van der Waals surface area contributed by atoms with Gasteiger partial charge in [-0.2, -0.15) is 0 Å². The lowest BCUT2D eigenvalue weighted by atomic mass is 9.90. The van der Waals surface area contributed by atoms with Crippen LogP contribution in [-0.2, 0) is 22.6 Å². The summed E-state index contributed by atoms with van der Waals surface area (Å²) in [6.45, 7) is 4.92. The molecule has 0 saturated carbocycles. The number of anilines is 1. The second-order valence-corrected chi connectivity index (χ2v) is 11.8. The summed E-state index contributed by atoms with van der Waals surface area (Å²) < 4.78 is 9.10. The fourth-order valence-electron chi connectivity index (χ4n) is 3.83. The number of carbonyl (C=O) groups is 1. The highest BCUT2D eigenvalue weighted by Crippen LogP contribution is 2.42. The van der Waals surface area contributed by atoms with E-state index >= 15 is 0 Å². The molecule has 7 nitrogen and oxygen atoms in total. The highest BCUT2D eigenvalue weighted by atomic mass is 79.9. The minimum Gasteiger partial charge on any atom is -0.369 e. The molecule has 1 N–H and O–H groups in total. The summed E-state index contributed by atoms with van der Waals surface area (Å²) in [6.07, 6.45) is 3.77. The smallest absolute Gasteiger partial charge is 0.234 e. The fourth-order valence-corrected chi connectivity index (χ4v) is 6.58. The average Bonchev–Trinajstić information content (AvgIpc) is 3.39. The molecule has 4 aromatic rings. The monoisotopic (exact) mass is 563 g/mol. The first kappa shape index (κ1) is 23.1. The number of rotatable bonds is 6. The quantitative estimate of drug-likeness (QED) is 0.234. The third kappa shape index (κ3) is 4.41. The Kier molecular flexibility index (Phi) is 6.43. The molecule has 5 rings (SSSR count). The van der Waals surface area contributed by atoms with Crippen molar-refractivity contribution < 1.29 is 9.53 Å². The number of thioether (sulfide) groups is 2. The number of thiophene rings is 1. The summed E-state index contributed by atoms with van der Waals surface area (Å²) in [5, 5.41) is 14.5. The number of nitrogens with one attached hydrogen (secondary N) is 1. The molecule has 4 heterocycles. The number of nitrogens with zero attached hydrogens (tertiary/aromatic N) is 4. The molecule has 1 aromatic carbocycles. The van der Waals surface area contributed by atoms with Gasteiger partial charge >= 0.3 is 0 Å². The number of hydrogen-bond donors (Lipinski definition) is 1. The fraction of sp³-hybridized carbons (Fsp3) is 0.364. The summed E-state index contributed by atoms with van der Waals surface area (Å²) in [5.41, 5.74) is 2.65. The van der Waals surface area contributed by atoms with Crippen LogP contribution >= 0.6 is 50.8 Å². The molecule has 1 aliphatic heterocycles. The summed E-state index contributed by atoms with van der Waals surface area (Å²) in [4.78, 5) is 19.6. The Bertz CT molecular complexity index is 1350. The highest BCUT2D eigenvalue weighted by Gasteiger charge is 2.33. The van der Waals surface area contributed by atoms with Crippen LogP contribution in [-0.4, -0.2) is 43.1 Å². The molecule has 11 heteroatoms. The predicted octanol–water partition coefficient (Wildman–Crippen LogP) is 5.80. The third-order valence-electron chi connectivity index (χ3n) is 5.81. The molecule has 1 atom stereocenters. The Morgan fingerprint density at radius 3 is 2.82 bits per heavy atom. The van der Waals surface area contributed by atoms with E-state index in [0.717, 1.165) is 44.0 Å². The van der Waals surface area contributed by atoms with E-state index in [-0.39, 0.29) is 17.3 Å². The molecule has 33 heavy (non-hydrogen) atoms. The molecular weight excluding hydrogens is 542 g/mol.